The van der Waals surface area contributed by atoms with Crippen molar-refractivity contribution in [2.24, 2.45) is 16.9 Å². The maximum absolute atomic E-state index is 12.2. The molecule has 1 amide bonds. The molecule has 1 aliphatic rings. The van der Waals surface area contributed by atoms with Crippen molar-refractivity contribution in [2.75, 3.05) is 13.1 Å². The maximum Gasteiger partial charge on any atom is 0.425 e. The van der Waals surface area contributed by atoms with Crippen LogP contribution in [0.3, 0.4) is 0 Å². The minimum Gasteiger partial charge on any atom is -0.464 e. The van der Waals surface area contributed by atoms with Gasteiger partial charge in [0.15, 0.2) is 0 Å². The van der Waals surface area contributed by atoms with E-state index in [1.807, 2.05) is 5.43 Å². The molecule has 20 heavy (non-hydrogen) atoms. The summed E-state index contributed by atoms with van der Waals surface area (Å²) in [5, 5.41) is 13.9. The second-order valence-electron chi connectivity index (χ2n) is 5.72. The average molecular weight is 286 g/mol. The molecule has 1 saturated heterocycles. The van der Waals surface area contributed by atoms with Crippen molar-refractivity contribution in [2.45, 2.75) is 39.2 Å². The van der Waals surface area contributed by atoms with Crippen LogP contribution in [0.5, 0.6) is 0 Å². The van der Waals surface area contributed by atoms with Gasteiger partial charge in [0.2, 0.25) is 0 Å². The topological polar surface area (TPSA) is 117 Å². The summed E-state index contributed by atoms with van der Waals surface area (Å²) in [6.07, 6.45) is -0.0387. The zero-order chi connectivity index (χ0) is 15.3. The number of rotatable bonds is 2. The molecule has 0 saturated carbocycles. The van der Waals surface area contributed by atoms with E-state index in [4.69, 9.17) is 15.7 Å². The highest BCUT2D eigenvalue weighted by Gasteiger charge is 2.32. The van der Waals surface area contributed by atoms with E-state index >= 15 is 0 Å². The highest BCUT2D eigenvalue weighted by molar-refractivity contribution is 6.03. The molecule has 0 aliphatic carbocycles. The molecule has 1 unspecified atom stereocenters. The number of carbonyl (C=O) groups excluding carboxylic acids is 1. The third-order valence-electron chi connectivity index (χ3n) is 2.69. The number of carboxylic acid groups (broad SMARTS) is 1. The van der Waals surface area contributed by atoms with Crippen molar-refractivity contribution in [3.8, 4) is 0 Å². The molecule has 0 aromatic heterocycles. The van der Waals surface area contributed by atoms with Crippen LogP contribution in [0.4, 0.5) is 4.79 Å². The van der Waals surface area contributed by atoms with E-state index in [0.29, 0.717) is 25.1 Å². The number of nitrogens with two attached hydrogens (primary N) is 1. The van der Waals surface area contributed by atoms with E-state index in [0.717, 1.165) is 0 Å². The number of hydrogen-bond donors (Lipinski definition) is 3. The predicted molar refractivity (Wildman–Crippen MR) is 72.9 cm³/mol. The molecule has 0 bridgehead atoms. The number of carbonyl (C=O) groups is 2. The lowest BCUT2D eigenvalue weighted by Gasteiger charge is -2.24. The first-order valence-electron chi connectivity index (χ1n) is 6.47. The number of hydrogen-bond acceptors (Lipinski definition) is 6. The molecule has 1 rings (SSSR count). The number of ether oxygens (including phenoxy) is 1. The van der Waals surface area contributed by atoms with Gasteiger partial charge in [0.05, 0.1) is 18.2 Å². The van der Waals surface area contributed by atoms with Gasteiger partial charge in [0, 0.05) is 6.54 Å². The minimum atomic E-state index is -1.28. The Bertz CT molecular complexity index is 403. The third kappa shape index (κ3) is 5.54. The molecule has 1 fully saturated rings. The largest absolute Gasteiger partial charge is 0.464 e. The number of hydrazine groups is 1. The van der Waals surface area contributed by atoms with Gasteiger partial charge in [-0.05, 0) is 33.6 Å². The van der Waals surface area contributed by atoms with E-state index in [1.165, 1.54) is 5.01 Å². The Morgan fingerprint density at radius 1 is 1.50 bits per heavy atom. The maximum atomic E-state index is 12.2. The van der Waals surface area contributed by atoms with Crippen LogP contribution in [0, 0.1) is 5.92 Å². The molecule has 0 radical (unpaired) electrons. The van der Waals surface area contributed by atoms with Crippen molar-refractivity contribution < 1.29 is 19.4 Å². The van der Waals surface area contributed by atoms with Crippen molar-refractivity contribution in [3.05, 3.63) is 0 Å². The van der Waals surface area contributed by atoms with Gasteiger partial charge in [-0.2, -0.15) is 5.10 Å². The van der Waals surface area contributed by atoms with Gasteiger partial charge in [-0.3, -0.25) is 10.6 Å². The van der Waals surface area contributed by atoms with Crippen LogP contribution < -0.4 is 11.3 Å². The fourth-order valence-electron chi connectivity index (χ4n) is 1.92. The Kier molecular flexibility index (Phi) is 5.46. The van der Waals surface area contributed by atoms with Gasteiger partial charge in [-0.15, -0.1) is 0 Å². The third-order valence-corrected chi connectivity index (χ3v) is 2.69. The van der Waals surface area contributed by atoms with Crippen LogP contribution in [0.25, 0.3) is 0 Å². The first-order valence-corrected chi connectivity index (χ1v) is 6.47. The normalized spacial score (nSPS) is 23.2. The summed E-state index contributed by atoms with van der Waals surface area (Å²) in [5.74, 6) is 4.77. The second kappa shape index (κ2) is 6.67. The van der Waals surface area contributed by atoms with E-state index in [-0.39, 0.29) is 6.54 Å². The van der Waals surface area contributed by atoms with Crippen LogP contribution >= 0.6 is 0 Å². The lowest BCUT2D eigenvalue weighted by atomic mass is 9.98. The molecule has 0 spiro atoms. The standard InChI is InChI=1S/C12H22N4O4/c1-12(2,3)20-10(17)8-5-4-6-16(13)7-9(8)14-15-11(18)19/h8,15H,4-7,13H2,1-3H3,(H,18,19). The van der Waals surface area contributed by atoms with E-state index in [9.17, 15) is 9.59 Å². The van der Waals surface area contributed by atoms with Crippen molar-refractivity contribution in [1.29, 1.82) is 0 Å². The number of nitrogens with one attached hydrogen (secondary N) is 1. The Morgan fingerprint density at radius 3 is 2.70 bits per heavy atom. The Balaban J connectivity index is 2.89. The monoisotopic (exact) mass is 286 g/mol. The van der Waals surface area contributed by atoms with E-state index in [2.05, 4.69) is 5.10 Å². The summed E-state index contributed by atoms with van der Waals surface area (Å²) in [6, 6.07) is 0. The molecular formula is C12H22N4O4. The summed E-state index contributed by atoms with van der Waals surface area (Å²) in [6.45, 7) is 6.19. The van der Waals surface area contributed by atoms with Crippen molar-refractivity contribution in [3.63, 3.8) is 0 Å². The van der Waals surface area contributed by atoms with Crippen LogP contribution in [0.15, 0.2) is 5.10 Å². The van der Waals surface area contributed by atoms with Gasteiger partial charge < -0.3 is 9.84 Å². The zero-order valence-corrected chi connectivity index (χ0v) is 12.0. The smallest absolute Gasteiger partial charge is 0.425 e. The fraction of sp³-hybridized carbons (Fsp3) is 0.750. The summed E-state index contributed by atoms with van der Waals surface area (Å²) in [7, 11) is 0. The van der Waals surface area contributed by atoms with Crippen LogP contribution in [-0.2, 0) is 9.53 Å². The molecule has 8 heteroatoms. The molecule has 114 valence electrons. The first kappa shape index (κ1) is 16.4. The lowest BCUT2D eigenvalue weighted by molar-refractivity contribution is -0.157. The van der Waals surface area contributed by atoms with Gasteiger partial charge in [0.25, 0.3) is 0 Å². The van der Waals surface area contributed by atoms with Crippen molar-refractivity contribution in [1.82, 2.24) is 10.4 Å². The molecular weight excluding hydrogens is 264 g/mol. The van der Waals surface area contributed by atoms with Crippen LogP contribution in [0.2, 0.25) is 0 Å². The fourth-order valence-corrected chi connectivity index (χ4v) is 1.92. The Hall–Kier alpha value is -1.67. The number of amides is 1. The van der Waals surface area contributed by atoms with E-state index in [1.54, 1.807) is 20.8 Å². The lowest BCUT2D eigenvalue weighted by Crippen LogP contribution is -2.40. The van der Waals surface area contributed by atoms with Gasteiger partial charge in [-0.1, -0.05) is 0 Å². The summed E-state index contributed by atoms with van der Waals surface area (Å²) in [5.41, 5.74) is 1.70. The van der Waals surface area contributed by atoms with Gasteiger partial charge in [0.1, 0.15) is 5.60 Å². The Labute approximate surface area is 117 Å². The summed E-state index contributed by atoms with van der Waals surface area (Å²) < 4.78 is 5.35. The molecule has 4 N–H and O–H groups in total. The molecule has 0 aromatic rings. The molecule has 1 aliphatic heterocycles. The van der Waals surface area contributed by atoms with Crippen LogP contribution in [-0.4, -0.2) is 46.6 Å². The Morgan fingerprint density at radius 2 is 2.15 bits per heavy atom. The number of esters is 1. The zero-order valence-electron chi connectivity index (χ0n) is 12.0. The molecule has 0 aromatic carbocycles. The van der Waals surface area contributed by atoms with Crippen LogP contribution in [0.1, 0.15) is 33.6 Å². The number of nitrogens with zero attached hydrogens (tertiary/aromatic N) is 2. The summed E-state index contributed by atoms with van der Waals surface area (Å²) >= 11 is 0. The van der Waals surface area contributed by atoms with E-state index < -0.39 is 23.6 Å². The molecule has 1 atom stereocenters. The molecule has 1 heterocycles. The number of hydrazone groups is 1. The summed E-state index contributed by atoms with van der Waals surface area (Å²) in [4.78, 5) is 22.7. The second-order valence-corrected chi connectivity index (χ2v) is 5.72. The van der Waals surface area contributed by atoms with Gasteiger partial charge >= 0.3 is 12.1 Å². The quantitative estimate of drug-likeness (QED) is 0.387. The van der Waals surface area contributed by atoms with Crippen molar-refractivity contribution >= 4 is 17.8 Å². The van der Waals surface area contributed by atoms with Gasteiger partial charge in [-0.25, -0.2) is 15.2 Å². The highest BCUT2D eigenvalue weighted by atomic mass is 16.6. The predicted octanol–water partition coefficient (Wildman–Crippen LogP) is 0.537. The highest BCUT2D eigenvalue weighted by Crippen LogP contribution is 2.19. The average Bonchev–Trinajstić information content (AvgIpc) is 2.45. The molecule has 8 nitrogen and oxygen atoms in total. The minimum absolute atomic E-state index is 0.226. The first-order chi connectivity index (χ1) is 9.19. The SMILES string of the molecule is CC(C)(C)OC(=O)C1CCCN(N)CC1=NNC(=O)O.